The van der Waals surface area contributed by atoms with Crippen LogP contribution in [-0.2, 0) is 27.8 Å². The molecule has 3 aliphatic rings. The number of amides is 3. The van der Waals surface area contributed by atoms with Crippen molar-refractivity contribution in [2.24, 2.45) is 22.6 Å². The van der Waals surface area contributed by atoms with E-state index in [2.05, 4.69) is 17.6 Å². The van der Waals surface area contributed by atoms with Gasteiger partial charge in [-0.3, -0.25) is 9.79 Å². The first kappa shape index (κ1) is 26.6. The molecule has 1 saturated carbocycles. The smallest absolute Gasteiger partial charge is 0.312 e. The molecule has 198 valence electrons. The third-order valence-electron chi connectivity index (χ3n) is 8.18. The SMILES string of the molecule is Cc1cc(CNC(N)=O)cc(C)c1CCS(=O)(=O)N1CCC2(CC1)N=C(C1CCC(C)CC1)NC2=O. The Morgan fingerprint density at radius 1 is 1.17 bits per heavy atom. The number of piperidine rings is 1. The molecule has 3 amide bonds. The van der Waals surface area contributed by atoms with Crippen molar-refractivity contribution in [3.8, 4) is 0 Å². The Labute approximate surface area is 214 Å². The van der Waals surface area contributed by atoms with Crippen LogP contribution in [0.25, 0.3) is 0 Å². The van der Waals surface area contributed by atoms with Gasteiger partial charge in [0.1, 0.15) is 11.4 Å². The monoisotopic (exact) mass is 517 g/mol. The number of hydrogen-bond donors (Lipinski definition) is 3. The van der Waals surface area contributed by atoms with Crippen molar-refractivity contribution in [2.45, 2.75) is 77.8 Å². The first-order valence-corrected chi connectivity index (χ1v) is 14.6. The van der Waals surface area contributed by atoms with E-state index in [9.17, 15) is 18.0 Å². The lowest BCUT2D eigenvalue weighted by Crippen LogP contribution is -2.51. The highest BCUT2D eigenvalue weighted by atomic mass is 32.2. The number of nitrogens with one attached hydrogen (secondary N) is 2. The Bertz CT molecular complexity index is 1120. The van der Waals surface area contributed by atoms with Gasteiger partial charge in [0.2, 0.25) is 10.0 Å². The first-order valence-electron chi connectivity index (χ1n) is 13.0. The number of nitrogens with zero attached hydrogens (tertiary/aromatic N) is 2. The standard InChI is InChI=1S/C26H39N5O4S/c1-17-4-6-21(7-5-17)23-29-24(32)26(30-23)9-11-31(12-10-26)36(34,35)13-8-22-18(2)14-20(15-19(22)3)16-28-25(27)33/h14-15,17,21H,4-13,16H2,1-3H3,(H3,27,28,33)(H,29,30,32). The predicted octanol–water partition coefficient (Wildman–Crippen LogP) is 2.53. The van der Waals surface area contributed by atoms with Crippen LogP contribution >= 0.6 is 0 Å². The average Bonchev–Trinajstić information content (AvgIpc) is 3.13. The van der Waals surface area contributed by atoms with Crippen LogP contribution in [0.15, 0.2) is 17.1 Å². The summed E-state index contributed by atoms with van der Waals surface area (Å²) in [7, 11) is -3.47. The maximum atomic E-state index is 13.2. The number of carbonyl (C=O) groups is 2. The van der Waals surface area contributed by atoms with E-state index in [4.69, 9.17) is 10.7 Å². The van der Waals surface area contributed by atoms with Crippen LogP contribution in [0.4, 0.5) is 4.79 Å². The number of nitrogens with two attached hydrogens (primary N) is 1. The molecule has 9 nitrogen and oxygen atoms in total. The molecule has 1 spiro atoms. The molecule has 1 aromatic rings. The molecule has 1 saturated heterocycles. The fourth-order valence-electron chi connectivity index (χ4n) is 5.87. The Hall–Kier alpha value is -2.46. The number of urea groups is 1. The third kappa shape index (κ3) is 5.75. The summed E-state index contributed by atoms with van der Waals surface area (Å²) in [5.41, 5.74) is 8.25. The molecule has 4 N–H and O–H groups in total. The molecule has 1 aromatic carbocycles. The largest absolute Gasteiger partial charge is 0.352 e. The van der Waals surface area contributed by atoms with E-state index >= 15 is 0 Å². The lowest BCUT2D eigenvalue weighted by atomic mass is 9.82. The van der Waals surface area contributed by atoms with Crippen LogP contribution in [0.5, 0.6) is 0 Å². The van der Waals surface area contributed by atoms with Gasteiger partial charge in [0.25, 0.3) is 5.91 Å². The number of benzene rings is 1. The van der Waals surface area contributed by atoms with Crippen LogP contribution in [0, 0.1) is 25.7 Å². The van der Waals surface area contributed by atoms with Crippen molar-refractivity contribution in [1.82, 2.24) is 14.9 Å². The minimum atomic E-state index is -3.47. The summed E-state index contributed by atoms with van der Waals surface area (Å²) in [6.07, 6.45) is 5.67. The maximum absolute atomic E-state index is 13.2. The second-order valence-corrected chi connectivity index (χ2v) is 12.9. The molecule has 0 aromatic heterocycles. The zero-order valence-corrected chi connectivity index (χ0v) is 22.4. The highest BCUT2D eigenvalue weighted by molar-refractivity contribution is 7.89. The van der Waals surface area contributed by atoms with Crippen molar-refractivity contribution in [1.29, 1.82) is 0 Å². The Balaban J connectivity index is 1.36. The summed E-state index contributed by atoms with van der Waals surface area (Å²) in [4.78, 5) is 28.8. The molecule has 0 atom stereocenters. The van der Waals surface area contributed by atoms with Crippen LogP contribution in [0.2, 0.25) is 0 Å². The number of aryl methyl sites for hydroxylation is 2. The third-order valence-corrected chi connectivity index (χ3v) is 10.0. The quantitative estimate of drug-likeness (QED) is 0.512. The zero-order valence-electron chi connectivity index (χ0n) is 21.6. The van der Waals surface area contributed by atoms with Gasteiger partial charge in [-0.25, -0.2) is 17.5 Å². The van der Waals surface area contributed by atoms with Crippen LogP contribution < -0.4 is 16.4 Å². The fraction of sp³-hybridized carbons (Fsp3) is 0.654. The van der Waals surface area contributed by atoms with E-state index in [1.807, 2.05) is 26.0 Å². The molecular weight excluding hydrogens is 478 g/mol. The van der Waals surface area contributed by atoms with E-state index in [0.29, 0.717) is 44.8 Å². The number of primary amides is 1. The van der Waals surface area contributed by atoms with Gasteiger partial charge in [0.15, 0.2) is 0 Å². The Kier molecular flexibility index (Phi) is 7.75. The second-order valence-electron chi connectivity index (χ2n) is 10.8. The summed E-state index contributed by atoms with van der Waals surface area (Å²) in [5.74, 6) is 1.82. The molecule has 2 fully saturated rings. The van der Waals surface area contributed by atoms with Gasteiger partial charge in [-0.2, -0.15) is 0 Å². The molecule has 2 aliphatic heterocycles. The normalized spacial score (nSPS) is 24.4. The lowest BCUT2D eigenvalue weighted by molar-refractivity contribution is -0.125. The minimum Gasteiger partial charge on any atom is -0.352 e. The van der Waals surface area contributed by atoms with Gasteiger partial charge >= 0.3 is 6.03 Å². The van der Waals surface area contributed by atoms with E-state index in [-0.39, 0.29) is 11.7 Å². The number of aliphatic imine (C=N–C) groups is 1. The molecule has 0 unspecified atom stereocenters. The second kappa shape index (κ2) is 10.5. The molecule has 36 heavy (non-hydrogen) atoms. The van der Waals surface area contributed by atoms with E-state index in [1.54, 1.807) is 0 Å². The summed E-state index contributed by atoms with van der Waals surface area (Å²) in [6, 6.07) is 3.33. The van der Waals surface area contributed by atoms with Gasteiger partial charge in [0.05, 0.1) is 5.75 Å². The van der Waals surface area contributed by atoms with Gasteiger partial charge in [0, 0.05) is 25.6 Å². The van der Waals surface area contributed by atoms with Crippen molar-refractivity contribution < 1.29 is 18.0 Å². The van der Waals surface area contributed by atoms with Crippen molar-refractivity contribution >= 4 is 27.8 Å². The molecule has 0 radical (unpaired) electrons. The van der Waals surface area contributed by atoms with Gasteiger partial charge in [-0.15, -0.1) is 0 Å². The number of hydrogen-bond acceptors (Lipinski definition) is 5. The van der Waals surface area contributed by atoms with Crippen molar-refractivity contribution in [3.05, 3.63) is 34.4 Å². The van der Waals surface area contributed by atoms with Crippen LogP contribution in [-0.4, -0.2) is 54.9 Å². The van der Waals surface area contributed by atoms with Gasteiger partial charge in [-0.1, -0.05) is 31.9 Å². The van der Waals surface area contributed by atoms with Crippen LogP contribution in [0.1, 0.15) is 67.7 Å². The topological polar surface area (TPSA) is 134 Å². The number of amidine groups is 1. The average molecular weight is 518 g/mol. The van der Waals surface area contributed by atoms with E-state index in [1.165, 1.54) is 4.31 Å². The first-order chi connectivity index (χ1) is 17.0. The molecule has 10 heteroatoms. The number of carbonyl (C=O) groups excluding carboxylic acids is 2. The summed E-state index contributed by atoms with van der Waals surface area (Å²) in [6.45, 7) is 7.13. The summed E-state index contributed by atoms with van der Waals surface area (Å²) < 4.78 is 27.9. The zero-order chi connectivity index (χ0) is 26.1. The van der Waals surface area contributed by atoms with E-state index < -0.39 is 21.6 Å². The molecule has 4 rings (SSSR count). The minimum absolute atomic E-state index is 0.0154. The molecule has 1 aliphatic carbocycles. The Morgan fingerprint density at radius 2 is 1.78 bits per heavy atom. The lowest BCUT2D eigenvalue weighted by Gasteiger charge is -2.34. The molecule has 0 bridgehead atoms. The highest BCUT2D eigenvalue weighted by Gasteiger charge is 2.48. The molecular formula is C26H39N5O4S. The number of rotatable bonds is 7. The fourth-order valence-corrected chi connectivity index (χ4v) is 7.33. The van der Waals surface area contributed by atoms with Crippen molar-refractivity contribution in [3.63, 3.8) is 0 Å². The maximum Gasteiger partial charge on any atom is 0.312 e. The van der Waals surface area contributed by atoms with Gasteiger partial charge < -0.3 is 16.4 Å². The Morgan fingerprint density at radius 3 is 2.36 bits per heavy atom. The van der Waals surface area contributed by atoms with E-state index in [0.717, 1.165) is 59.7 Å². The molecule has 2 heterocycles. The predicted molar refractivity (Wildman–Crippen MR) is 140 cm³/mol. The summed E-state index contributed by atoms with van der Waals surface area (Å²) in [5, 5.41) is 5.62. The van der Waals surface area contributed by atoms with Gasteiger partial charge in [-0.05, 0) is 74.1 Å². The highest BCUT2D eigenvalue weighted by Crippen LogP contribution is 2.36. The number of sulfonamides is 1. The van der Waals surface area contributed by atoms with Crippen molar-refractivity contribution in [2.75, 3.05) is 18.8 Å². The summed E-state index contributed by atoms with van der Waals surface area (Å²) >= 11 is 0. The van der Waals surface area contributed by atoms with Crippen LogP contribution in [0.3, 0.4) is 0 Å².